The van der Waals surface area contributed by atoms with Crippen LogP contribution in [0.2, 0.25) is 5.15 Å². The molecule has 0 amide bonds. The minimum Gasteiger partial charge on any atom is -0.329 e. The first-order valence-corrected chi connectivity index (χ1v) is 7.99. The Morgan fingerprint density at radius 3 is 2.80 bits per heavy atom. The first-order valence-electron chi connectivity index (χ1n) is 6.13. The molecule has 1 aromatic heterocycles. The van der Waals surface area contributed by atoms with E-state index in [2.05, 4.69) is 9.71 Å². The van der Waals surface area contributed by atoms with Crippen LogP contribution in [0.25, 0.3) is 10.9 Å². The monoisotopic (exact) mass is 313 g/mol. The fourth-order valence-corrected chi connectivity index (χ4v) is 3.42. The van der Waals surface area contributed by atoms with Gasteiger partial charge in [0.15, 0.2) is 0 Å². The van der Waals surface area contributed by atoms with E-state index in [1.165, 1.54) is 6.07 Å². The number of benzene rings is 1. The van der Waals surface area contributed by atoms with Crippen LogP contribution in [0.3, 0.4) is 0 Å². The van der Waals surface area contributed by atoms with E-state index in [4.69, 9.17) is 17.3 Å². The predicted octanol–water partition coefficient (Wildman–Crippen LogP) is 1.82. The predicted molar refractivity (Wildman–Crippen MR) is 80.3 cm³/mol. The van der Waals surface area contributed by atoms with Crippen molar-refractivity contribution < 1.29 is 8.42 Å². The van der Waals surface area contributed by atoms with E-state index >= 15 is 0 Å². The van der Waals surface area contributed by atoms with Gasteiger partial charge in [0.2, 0.25) is 10.0 Å². The standard InChI is InChI=1S/C13H16ClN3O2S/c1-8-6-10-4-3-5-11(12(10)16-13(8)14)20(18,19)17-9(2)7-15/h3-6,9,17H,7,15H2,1-2H3/t9-/m1/s1. The Morgan fingerprint density at radius 1 is 1.45 bits per heavy atom. The molecule has 1 aromatic carbocycles. The van der Waals surface area contributed by atoms with E-state index in [-0.39, 0.29) is 17.5 Å². The lowest BCUT2D eigenvalue weighted by Gasteiger charge is -2.13. The van der Waals surface area contributed by atoms with Crippen LogP contribution in [-0.4, -0.2) is 26.0 Å². The Kier molecular flexibility index (Phi) is 4.29. The number of para-hydroxylation sites is 1. The summed E-state index contributed by atoms with van der Waals surface area (Å²) in [5.74, 6) is 0. The van der Waals surface area contributed by atoms with Gasteiger partial charge in [0.25, 0.3) is 0 Å². The van der Waals surface area contributed by atoms with Crippen molar-refractivity contribution in [2.24, 2.45) is 5.73 Å². The van der Waals surface area contributed by atoms with Gasteiger partial charge in [-0.1, -0.05) is 23.7 Å². The summed E-state index contributed by atoms with van der Waals surface area (Å²) in [6.45, 7) is 3.75. The number of nitrogens with zero attached hydrogens (tertiary/aromatic N) is 1. The lowest BCUT2D eigenvalue weighted by Crippen LogP contribution is -2.37. The number of nitrogens with one attached hydrogen (secondary N) is 1. The molecule has 0 saturated heterocycles. The van der Waals surface area contributed by atoms with Gasteiger partial charge in [-0.05, 0) is 31.5 Å². The van der Waals surface area contributed by atoms with E-state index in [1.54, 1.807) is 19.1 Å². The molecule has 0 bridgehead atoms. The van der Waals surface area contributed by atoms with E-state index < -0.39 is 10.0 Å². The highest BCUT2D eigenvalue weighted by molar-refractivity contribution is 7.89. The number of sulfonamides is 1. The summed E-state index contributed by atoms with van der Waals surface area (Å²) >= 11 is 6.00. The van der Waals surface area contributed by atoms with Crippen LogP contribution in [0.4, 0.5) is 0 Å². The van der Waals surface area contributed by atoms with Gasteiger partial charge in [-0.15, -0.1) is 0 Å². The van der Waals surface area contributed by atoms with Gasteiger partial charge >= 0.3 is 0 Å². The fraction of sp³-hybridized carbons (Fsp3) is 0.308. The topological polar surface area (TPSA) is 85.1 Å². The molecule has 0 unspecified atom stereocenters. The van der Waals surface area contributed by atoms with Crippen molar-refractivity contribution in [2.75, 3.05) is 6.54 Å². The SMILES string of the molecule is Cc1cc2cccc(S(=O)(=O)N[C@H](C)CN)c2nc1Cl. The van der Waals surface area contributed by atoms with Gasteiger partial charge < -0.3 is 5.73 Å². The van der Waals surface area contributed by atoms with E-state index in [9.17, 15) is 8.42 Å². The second-order valence-corrected chi connectivity index (χ2v) is 6.72. The Morgan fingerprint density at radius 2 is 2.15 bits per heavy atom. The Bertz CT molecular complexity index is 747. The maximum atomic E-state index is 12.4. The smallest absolute Gasteiger partial charge is 0.243 e. The van der Waals surface area contributed by atoms with Crippen LogP contribution < -0.4 is 10.5 Å². The van der Waals surface area contributed by atoms with Crippen molar-refractivity contribution in [2.45, 2.75) is 24.8 Å². The molecule has 0 aliphatic heterocycles. The normalized spacial score (nSPS) is 13.6. The summed E-state index contributed by atoms with van der Waals surface area (Å²) in [4.78, 5) is 4.30. The van der Waals surface area contributed by atoms with E-state index in [0.29, 0.717) is 10.7 Å². The molecule has 0 spiro atoms. The number of hydrogen-bond donors (Lipinski definition) is 2. The van der Waals surface area contributed by atoms with Crippen molar-refractivity contribution in [3.05, 3.63) is 35.0 Å². The zero-order valence-electron chi connectivity index (χ0n) is 11.2. The number of rotatable bonds is 4. The highest BCUT2D eigenvalue weighted by atomic mass is 35.5. The Hall–Kier alpha value is -1.21. The Balaban J connectivity index is 2.63. The van der Waals surface area contributed by atoms with Gasteiger partial charge in [-0.2, -0.15) is 0 Å². The first kappa shape index (κ1) is 15.2. The van der Waals surface area contributed by atoms with Crippen LogP contribution in [0, 0.1) is 6.92 Å². The highest BCUT2D eigenvalue weighted by Gasteiger charge is 2.20. The first-order chi connectivity index (χ1) is 9.35. The molecule has 20 heavy (non-hydrogen) atoms. The second-order valence-electron chi connectivity index (χ2n) is 4.68. The zero-order valence-corrected chi connectivity index (χ0v) is 12.8. The van der Waals surface area contributed by atoms with Crippen molar-refractivity contribution in [1.29, 1.82) is 0 Å². The third kappa shape index (κ3) is 2.93. The minimum atomic E-state index is -3.68. The van der Waals surface area contributed by atoms with E-state index in [0.717, 1.165) is 10.9 Å². The molecular formula is C13H16ClN3O2S. The van der Waals surface area contributed by atoms with Crippen LogP contribution in [0.5, 0.6) is 0 Å². The number of fused-ring (bicyclic) bond motifs is 1. The van der Waals surface area contributed by atoms with Gasteiger partial charge in [0.05, 0.1) is 5.52 Å². The maximum Gasteiger partial charge on any atom is 0.243 e. The third-order valence-corrected chi connectivity index (χ3v) is 4.94. The number of halogens is 1. The van der Waals surface area contributed by atoms with Crippen molar-refractivity contribution in [3.63, 3.8) is 0 Å². The lowest BCUT2D eigenvalue weighted by atomic mass is 10.2. The molecule has 0 saturated carbocycles. The molecule has 5 nitrogen and oxygen atoms in total. The summed E-state index contributed by atoms with van der Waals surface area (Å²) in [6, 6.07) is 6.45. The van der Waals surface area contributed by atoms with Crippen molar-refractivity contribution in [1.82, 2.24) is 9.71 Å². The summed E-state index contributed by atoms with van der Waals surface area (Å²) < 4.78 is 27.2. The largest absolute Gasteiger partial charge is 0.329 e. The summed E-state index contributed by atoms with van der Waals surface area (Å²) in [6.07, 6.45) is 0. The van der Waals surface area contributed by atoms with Gasteiger partial charge in [-0.25, -0.2) is 18.1 Å². The fourth-order valence-electron chi connectivity index (χ4n) is 1.85. The molecule has 7 heteroatoms. The molecule has 108 valence electrons. The van der Waals surface area contributed by atoms with Gasteiger partial charge in [-0.3, -0.25) is 0 Å². The van der Waals surface area contributed by atoms with Crippen molar-refractivity contribution >= 4 is 32.5 Å². The molecule has 2 aromatic rings. The molecule has 0 radical (unpaired) electrons. The second kappa shape index (κ2) is 5.65. The van der Waals surface area contributed by atoms with Crippen LogP contribution in [0.1, 0.15) is 12.5 Å². The van der Waals surface area contributed by atoms with E-state index in [1.807, 2.05) is 13.0 Å². The molecule has 1 heterocycles. The molecule has 0 fully saturated rings. The molecule has 1 atom stereocenters. The summed E-state index contributed by atoms with van der Waals surface area (Å²) in [5.41, 5.74) is 6.61. The zero-order chi connectivity index (χ0) is 14.9. The highest BCUT2D eigenvalue weighted by Crippen LogP contribution is 2.25. The number of aryl methyl sites for hydroxylation is 1. The average molecular weight is 314 g/mol. The van der Waals surface area contributed by atoms with Crippen molar-refractivity contribution in [3.8, 4) is 0 Å². The quantitative estimate of drug-likeness (QED) is 0.843. The lowest BCUT2D eigenvalue weighted by molar-refractivity contribution is 0.563. The average Bonchev–Trinajstić information content (AvgIpc) is 2.38. The van der Waals surface area contributed by atoms with Crippen LogP contribution in [0.15, 0.2) is 29.2 Å². The number of hydrogen-bond acceptors (Lipinski definition) is 4. The van der Waals surface area contributed by atoms with Gasteiger partial charge in [0.1, 0.15) is 10.0 Å². The maximum absolute atomic E-state index is 12.4. The number of nitrogens with two attached hydrogens (primary N) is 1. The molecular weight excluding hydrogens is 298 g/mol. The number of pyridine rings is 1. The van der Waals surface area contributed by atoms with Crippen LogP contribution in [-0.2, 0) is 10.0 Å². The summed E-state index contributed by atoms with van der Waals surface area (Å²) in [5, 5.41) is 1.03. The minimum absolute atomic E-state index is 0.109. The molecule has 2 rings (SSSR count). The molecule has 3 N–H and O–H groups in total. The molecule has 0 aliphatic rings. The molecule has 0 aliphatic carbocycles. The number of aromatic nitrogens is 1. The van der Waals surface area contributed by atoms with Crippen LogP contribution >= 0.6 is 11.6 Å². The summed E-state index contributed by atoms with van der Waals surface area (Å²) in [7, 11) is -3.68. The third-order valence-electron chi connectivity index (χ3n) is 2.94. The Labute approximate surface area is 123 Å². The van der Waals surface area contributed by atoms with Gasteiger partial charge in [0, 0.05) is 18.0 Å².